The van der Waals surface area contributed by atoms with Crippen molar-refractivity contribution in [3.63, 3.8) is 0 Å². The van der Waals surface area contributed by atoms with Crippen LogP contribution in [-0.4, -0.2) is 32.3 Å². The predicted molar refractivity (Wildman–Crippen MR) is 53.2 cm³/mol. The van der Waals surface area contributed by atoms with E-state index in [-0.39, 0.29) is 0 Å². The van der Waals surface area contributed by atoms with Gasteiger partial charge in [0.15, 0.2) is 0 Å². The highest BCUT2D eigenvalue weighted by Gasteiger charge is 2.01. The fourth-order valence-corrected chi connectivity index (χ4v) is 1.06. The van der Waals surface area contributed by atoms with Crippen LogP contribution < -0.4 is 4.90 Å². The number of nitrogens with zero attached hydrogens (tertiary/aromatic N) is 2. The quantitative estimate of drug-likeness (QED) is 0.690. The van der Waals surface area contributed by atoms with Gasteiger partial charge in [0.05, 0.1) is 6.61 Å². The molecule has 0 bridgehead atoms. The Balaban J connectivity index is 2.60. The Kier molecular flexibility index (Phi) is 3.99. The topological polar surface area (TPSA) is 25.4 Å². The van der Waals surface area contributed by atoms with Crippen LogP contribution in [0.5, 0.6) is 0 Å². The molecule has 0 N–H and O–H groups in total. The number of anilines is 1. The van der Waals surface area contributed by atoms with E-state index in [9.17, 15) is 0 Å². The maximum atomic E-state index is 5.70. The minimum absolute atomic E-state index is 0.391. The summed E-state index contributed by atoms with van der Waals surface area (Å²) in [5, 5.41) is 0.391. The summed E-state index contributed by atoms with van der Waals surface area (Å²) in [6, 6.07) is 6.40. The standard InChI is InChI=1S/C9H12ClN2O/c1-12(6-7-13-2)9-5-3-4-8(10)11-9/h3,5H,6-7H2,1-2H3. The summed E-state index contributed by atoms with van der Waals surface area (Å²) in [6.45, 7) is 1.47. The number of methoxy groups -OCH3 is 1. The first-order chi connectivity index (χ1) is 6.24. The average Bonchev–Trinajstić information content (AvgIpc) is 2.14. The number of rotatable bonds is 4. The van der Waals surface area contributed by atoms with Gasteiger partial charge in [-0.3, -0.25) is 0 Å². The zero-order valence-corrected chi connectivity index (χ0v) is 8.51. The first-order valence-electron chi connectivity index (χ1n) is 3.98. The van der Waals surface area contributed by atoms with E-state index in [1.807, 2.05) is 18.0 Å². The van der Waals surface area contributed by atoms with Crippen molar-refractivity contribution in [3.8, 4) is 0 Å². The molecule has 0 spiro atoms. The van der Waals surface area contributed by atoms with Crippen molar-refractivity contribution in [3.05, 3.63) is 23.4 Å². The SMILES string of the molecule is COCCN(C)c1cc[c]c(Cl)n1. The second-order valence-corrected chi connectivity index (χ2v) is 3.01. The molecule has 0 saturated heterocycles. The van der Waals surface area contributed by atoms with Gasteiger partial charge in [-0.15, -0.1) is 0 Å². The van der Waals surface area contributed by atoms with Crippen molar-refractivity contribution < 1.29 is 4.74 Å². The van der Waals surface area contributed by atoms with Crippen molar-refractivity contribution in [1.82, 2.24) is 4.98 Å². The van der Waals surface area contributed by atoms with E-state index in [1.165, 1.54) is 0 Å². The third kappa shape index (κ3) is 3.20. The summed E-state index contributed by atoms with van der Waals surface area (Å²) in [5.74, 6) is 0.834. The van der Waals surface area contributed by atoms with E-state index in [2.05, 4.69) is 11.1 Å². The third-order valence-corrected chi connectivity index (χ3v) is 1.86. The number of hydrogen-bond acceptors (Lipinski definition) is 3. The van der Waals surface area contributed by atoms with Crippen LogP contribution in [-0.2, 0) is 4.74 Å². The lowest BCUT2D eigenvalue weighted by Crippen LogP contribution is -2.22. The monoisotopic (exact) mass is 199 g/mol. The molecule has 3 nitrogen and oxygen atoms in total. The second kappa shape index (κ2) is 5.04. The Labute approximate surface area is 83.3 Å². The Morgan fingerprint density at radius 3 is 3.08 bits per heavy atom. The largest absolute Gasteiger partial charge is 0.383 e. The third-order valence-electron chi connectivity index (χ3n) is 1.67. The molecule has 1 rings (SSSR count). The zero-order chi connectivity index (χ0) is 9.68. The van der Waals surface area contributed by atoms with Gasteiger partial charge in [0.1, 0.15) is 11.0 Å². The van der Waals surface area contributed by atoms with Crippen LogP contribution in [0.2, 0.25) is 5.15 Å². The number of aromatic nitrogens is 1. The highest BCUT2D eigenvalue weighted by atomic mass is 35.5. The lowest BCUT2D eigenvalue weighted by molar-refractivity contribution is 0.206. The van der Waals surface area contributed by atoms with E-state index in [4.69, 9.17) is 16.3 Å². The van der Waals surface area contributed by atoms with Crippen molar-refractivity contribution in [1.29, 1.82) is 0 Å². The van der Waals surface area contributed by atoms with Crippen LogP contribution in [0.3, 0.4) is 0 Å². The smallest absolute Gasteiger partial charge is 0.139 e. The number of likely N-dealkylation sites (N-methyl/N-ethyl adjacent to an activating group) is 1. The maximum Gasteiger partial charge on any atom is 0.139 e. The maximum absolute atomic E-state index is 5.70. The summed E-state index contributed by atoms with van der Waals surface area (Å²) in [4.78, 5) is 6.08. The lowest BCUT2D eigenvalue weighted by Gasteiger charge is -2.17. The molecule has 13 heavy (non-hydrogen) atoms. The van der Waals surface area contributed by atoms with Gasteiger partial charge in [-0.2, -0.15) is 0 Å². The van der Waals surface area contributed by atoms with E-state index in [1.54, 1.807) is 13.2 Å². The summed E-state index contributed by atoms with van der Waals surface area (Å²) in [7, 11) is 3.62. The van der Waals surface area contributed by atoms with Gasteiger partial charge in [-0.25, -0.2) is 4.98 Å². The molecule has 1 aromatic heterocycles. The number of pyridine rings is 1. The van der Waals surface area contributed by atoms with Crippen molar-refractivity contribution in [2.75, 3.05) is 32.2 Å². The van der Waals surface area contributed by atoms with Crippen molar-refractivity contribution in [2.24, 2.45) is 0 Å². The minimum Gasteiger partial charge on any atom is -0.383 e. The Morgan fingerprint density at radius 2 is 2.46 bits per heavy atom. The first kappa shape index (κ1) is 10.3. The fraction of sp³-hybridized carbons (Fsp3) is 0.444. The van der Waals surface area contributed by atoms with Gasteiger partial charge < -0.3 is 9.64 Å². The van der Waals surface area contributed by atoms with Crippen molar-refractivity contribution in [2.45, 2.75) is 0 Å². The van der Waals surface area contributed by atoms with Crippen LogP contribution >= 0.6 is 11.6 Å². The number of halogens is 1. The summed E-state index contributed by atoms with van der Waals surface area (Å²) in [6.07, 6.45) is 0. The molecule has 0 fully saturated rings. The molecule has 71 valence electrons. The van der Waals surface area contributed by atoms with E-state index >= 15 is 0 Å². The summed E-state index contributed by atoms with van der Waals surface area (Å²) in [5.41, 5.74) is 0. The van der Waals surface area contributed by atoms with Gasteiger partial charge in [0.25, 0.3) is 0 Å². The molecule has 1 heterocycles. The van der Waals surface area contributed by atoms with E-state index in [0.717, 1.165) is 12.4 Å². The molecular weight excluding hydrogens is 188 g/mol. The highest BCUT2D eigenvalue weighted by Crippen LogP contribution is 2.11. The molecule has 1 radical (unpaired) electrons. The molecule has 0 atom stereocenters. The molecule has 0 aromatic carbocycles. The van der Waals surface area contributed by atoms with Gasteiger partial charge in [-0.05, 0) is 12.1 Å². The van der Waals surface area contributed by atoms with E-state index in [0.29, 0.717) is 11.8 Å². The molecule has 0 saturated carbocycles. The summed E-state index contributed by atoms with van der Waals surface area (Å²) >= 11 is 5.70. The molecule has 4 heteroatoms. The van der Waals surface area contributed by atoms with Crippen molar-refractivity contribution >= 4 is 17.4 Å². The van der Waals surface area contributed by atoms with Crippen LogP contribution in [0.4, 0.5) is 5.82 Å². The zero-order valence-electron chi connectivity index (χ0n) is 7.75. The normalized spacial score (nSPS) is 10.1. The van der Waals surface area contributed by atoms with Crippen LogP contribution in [0.25, 0.3) is 0 Å². The Bertz CT molecular complexity index is 268. The second-order valence-electron chi connectivity index (χ2n) is 2.65. The highest BCUT2D eigenvalue weighted by molar-refractivity contribution is 6.29. The Hall–Kier alpha value is -0.800. The predicted octanol–water partition coefficient (Wildman–Crippen LogP) is 1.62. The fourth-order valence-electron chi connectivity index (χ4n) is 0.910. The minimum atomic E-state index is 0.391. The molecule has 0 unspecified atom stereocenters. The molecule has 1 aromatic rings. The molecular formula is C9H12ClN2O. The van der Waals surface area contributed by atoms with Gasteiger partial charge >= 0.3 is 0 Å². The average molecular weight is 200 g/mol. The number of hydrogen-bond donors (Lipinski definition) is 0. The summed E-state index contributed by atoms with van der Waals surface area (Å²) < 4.78 is 4.95. The molecule has 0 aliphatic rings. The van der Waals surface area contributed by atoms with Gasteiger partial charge in [0, 0.05) is 26.8 Å². The molecule has 0 aliphatic heterocycles. The first-order valence-corrected chi connectivity index (χ1v) is 4.36. The lowest BCUT2D eigenvalue weighted by atomic mass is 10.4. The van der Waals surface area contributed by atoms with Crippen LogP contribution in [0, 0.1) is 6.07 Å². The van der Waals surface area contributed by atoms with Crippen LogP contribution in [0.15, 0.2) is 12.1 Å². The van der Waals surface area contributed by atoms with Gasteiger partial charge in [-0.1, -0.05) is 11.6 Å². The van der Waals surface area contributed by atoms with Gasteiger partial charge in [0.2, 0.25) is 0 Å². The molecule has 0 aliphatic carbocycles. The Morgan fingerprint density at radius 1 is 1.69 bits per heavy atom. The molecule has 0 amide bonds. The van der Waals surface area contributed by atoms with Crippen LogP contribution in [0.1, 0.15) is 0 Å². The number of ether oxygens (including phenoxy) is 1. The van der Waals surface area contributed by atoms with E-state index < -0.39 is 0 Å².